The molecule has 3 heteroatoms. The highest BCUT2D eigenvalue weighted by Gasteiger charge is 2.34. The summed E-state index contributed by atoms with van der Waals surface area (Å²) in [5.41, 5.74) is 0. The molecule has 0 amide bonds. The van der Waals surface area contributed by atoms with Crippen molar-refractivity contribution in [2.75, 3.05) is 24.6 Å². The molecule has 2 aliphatic rings. The van der Waals surface area contributed by atoms with Crippen molar-refractivity contribution in [3.63, 3.8) is 0 Å². The lowest BCUT2D eigenvalue weighted by Gasteiger charge is -2.27. The molecule has 0 saturated carbocycles. The van der Waals surface area contributed by atoms with E-state index in [1.54, 1.807) is 0 Å². The molecule has 0 aromatic rings. The Labute approximate surface area is 77.5 Å². The largest absolute Gasteiger partial charge is 0.313 e. The third kappa shape index (κ3) is 1.77. The van der Waals surface area contributed by atoms with Crippen molar-refractivity contribution in [1.29, 1.82) is 0 Å². The molecule has 2 rings (SSSR count). The molecule has 2 aliphatic heterocycles. The molecule has 0 spiro atoms. The van der Waals surface area contributed by atoms with Crippen LogP contribution in [0.15, 0.2) is 0 Å². The van der Waals surface area contributed by atoms with Gasteiger partial charge in [-0.2, -0.15) is 11.8 Å². The van der Waals surface area contributed by atoms with Crippen molar-refractivity contribution < 1.29 is 4.39 Å². The van der Waals surface area contributed by atoms with Crippen molar-refractivity contribution in [3.05, 3.63) is 0 Å². The predicted octanol–water partition coefficient (Wildman–Crippen LogP) is 1.69. The van der Waals surface area contributed by atoms with Gasteiger partial charge in [-0.25, -0.2) is 4.39 Å². The lowest BCUT2D eigenvalue weighted by Crippen LogP contribution is -2.26. The zero-order valence-corrected chi connectivity index (χ0v) is 8.08. The quantitative estimate of drug-likeness (QED) is 0.673. The lowest BCUT2D eigenvalue weighted by molar-refractivity contribution is 0.205. The van der Waals surface area contributed by atoms with Crippen molar-refractivity contribution in [2.24, 2.45) is 11.8 Å². The number of rotatable bonds is 1. The Morgan fingerprint density at radius 2 is 1.92 bits per heavy atom. The molecule has 12 heavy (non-hydrogen) atoms. The van der Waals surface area contributed by atoms with Crippen LogP contribution in [0, 0.1) is 11.8 Å². The van der Waals surface area contributed by atoms with Gasteiger partial charge in [-0.05, 0) is 30.3 Å². The molecule has 2 atom stereocenters. The highest BCUT2D eigenvalue weighted by Crippen LogP contribution is 2.33. The second-order valence-electron chi connectivity index (χ2n) is 3.79. The van der Waals surface area contributed by atoms with Gasteiger partial charge in [0.05, 0.1) is 0 Å². The molecule has 0 aromatic carbocycles. The zero-order chi connectivity index (χ0) is 8.39. The highest BCUT2D eigenvalue weighted by atomic mass is 32.2. The molecule has 2 unspecified atom stereocenters. The van der Waals surface area contributed by atoms with E-state index in [2.05, 4.69) is 5.32 Å². The molecule has 70 valence electrons. The van der Waals surface area contributed by atoms with Gasteiger partial charge >= 0.3 is 0 Å². The maximum absolute atomic E-state index is 13.3. The van der Waals surface area contributed by atoms with Crippen LogP contribution in [-0.2, 0) is 0 Å². The molecule has 0 aliphatic carbocycles. The molecule has 2 heterocycles. The van der Waals surface area contributed by atoms with E-state index in [0.717, 1.165) is 6.54 Å². The van der Waals surface area contributed by atoms with E-state index >= 15 is 0 Å². The van der Waals surface area contributed by atoms with E-state index in [-0.39, 0.29) is 0 Å². The normalized spacial score (nSPS) is 38.8. The standard InChI is InChI=1S/C9H16FNS/c10-9-6-11-5-8(9)7-1-3-12-4-2-7/h7-9,11H,1-6H2. The molecular formula is C9H16FNS. The van der Waals surface area contributed by atoms with E-state index in [4.69, 9.17) is 0 Å². The topological polar surface area (TPSA) is 12.0 Å². The second kappa shape index (κ2) is 3.97. The van der Waals surface area contributed by atoms with Crippen LogP contribution in [0.1, 0.15) is 12.8 Å². The first-order valence-corrected chi connectivity index (χ1v) is 5.96. The summed E-state index contributed by atoms with van der Waals surface area (Å²) in [5, 5.41) is 3.14. The van der Waals surface area contributed by atoms with Crippen LogP contribution in [-0.4, -0.2) is 30.8 Å². The summed E-state index contributed by atoms with van der Waals surface area (Å²) in [6.45, 7) is 1.50. The fourth-order valence-electron chi connectivity index (χ4n) is 2.27. The maximum Gasteiger partial charge on any atom is 0.117 e. The van der Waals surface area contributed by atoms with E-state index in [1.165, 1.54) is 24.3 Å². The SMILES string of the molecule is FC1CNCC1C1CCSCC1. The minimum atomic E-state index is -0.571. The molecule has 0 bridgehead atoms. The third-order valence-corrected chi connectivity index (χ3v) is 4.10. The number of thioether (sulfide) groups is 1. The van der Waals surface area contributed by atoms with E-state index in [0.29, 0.717) is 18.4 Å². The Bertz CT molecular complexity index is 147. The first kappa shape index (κ1) is 8.82. The van der Waals surface area contributed by atoms with Crippen LogP contribution in [0.4, 0.5) is 4.39 Å². The van der Waals surface area contributed by atoms with Crippen LogP contribution >= 0.6 is 11.8 Å². The van der Waals surface area contributed by atoms with Crippen LogP contribution in [0.25, 0.3) is 0 Å². The fourth-order valence-corrected chi connectivity index (χ4v) is 3.42. The summed E-state index contributed by atoms with van der Waals surface area (Å²) in [5.74, 6) is 3.48. The maximum atomic E-state index is 13.3. The van der Waals surface area contributed by atoms with Gasteiger partial charge in [0.15, 0.2) is 0 Å². The Hall–Kier alpha value is 0.240. The van der Waals surface area contributed by atoms with Crippen LogP contribution in [0.3, 0.4) is 0 Å². The summed E-state index contributed by atoms with van der Waals surface area (Å²) >= 11 is 2.02. The van der Waals surface area contributed by atoms with Crippen molar-refractivity contribution in [1.82, 2.24) is 5.32 Å². The van der Waals surface area contributed by atoms with E-state index in [9.17, 15) is 4.39 Å². The Morgan fingerprint density at radius 3 is 2.50 bits per heavy atom. The molecule has 2 fully saturated rings. The monoisotopic (exact) mass is 189 g/mol. The van der Waals surface area contributed by atoms with Gasteiger partial charge in [-0.3, -0.25) is 0 Å². The Kier molecular flexibility index (Phi) is 2.92. The summed E-state index contributed by atoms with van der Waals surface area (Å²) in [4.78, 5) is 0. The van der Waals surface area contributed by atoms with Gasteiger partial charge in [0.25, 0.3) is 0 Å². The van der Waals surface area contributed by atoms with Crippen LogP contribution < -0.4 is 5.32 Å². The van der Waals surface area contributed by atoms with Crippen molar-refractivity contribution in [2.45, 2.75) is 19.0 Å². The van der Waals surface area contributed by atoms with Gasteiger partial charge in [0.2, 0.25) is 0 Å². The molecular weight excluding hydrogens is 173 g/mol. The Morgan fingerprint density at radius 1 is 1.17 bits per heavy atom. The third-order valence-electron chi connectivity index (χ3n) is 3.06. The van der Waals surface area contributed by atoms with Crippen molar-refractivity contribution >= 4 is 11.8 Å². The van der Waals surface area contributed by atoms with Gasteiger partial charge < -0.3 is 5.32 Å². The van der Waals surface area contributed by atoms with Gasteiger partial charge in [-0.1, -0.05) is 0 Å². The fraction of sp³-hybridized carbons (Fsp3) is 1.00. The van der Waals surface area contributed by atoms with Crippen LogP contribution in [0.5, 0.6) is 0 Å². The smallest absolute Gasteiger partial charge is 0.117 e. The lowest BCUT2D eigenvalue weighted by atomic mass is 9.86. The summed E-state index contributed by atoms with van der Waals surface area (Å²) in [6, 6.07) is 0. The number of hydrogen-bond donors (Lipinski definition) is 1. The second-order valence-corrected chi connectivity index (χ2v) is 5.01. The van der Waals surface area contributed by atoms with Crippen molar-refractivity contribution in [3.8, 4) is 0 Å². The first-order valence-electron chi connectivity index (χ1n) is 4.80. The summed E-state index contributed by atoms with van der Waals surface area (Å²) in [6.07, 6.45) is 1.90. The summed E-state index contributed by atoms with van der Waals surface area (Å²) < 4.78 is 13.3. The number of halogens is 1. The number of alkyl halides is 1. The van der Waals surface area contributed by atoms with Gasteiger partial charge in [0, 0.05) is 19.0 Å². The van der Waals surface area contributed by atoms with Crippen LogP contribution in [0.2, 0.25) is 0 Å². The predicted molar refractivity (Wildman–Crippen MR) is 51.3 cm³/mol. The minimum Gasteiger partial charge on any atom is -0.313 e. The van der Waals surface area contributed by atoms with E-state index < -0.39 is 6.17 Å². The van der Waals surface area contributed by atoms with Gasteiger partial charge in [-0.15, -0.1) is 0 Å². The van der Waals surface area contributed by atoms with E-state index in [1.807, 2.05) is 11.8 Å². The summed E-state index contributed by atoms with van der Waals surface area (Å²) in [7, 11) is 0. The molecule has 1 nitrogen and oxygen atoms in total. The highest BCUT2D eigenvalue weighted by molar-refractivity contribution is 7.99. The average molecular weight is 189 g/mol. The zero-order valence-electron chi connectivity index (χ0n) is 7.26. The first-order chi connectivity index (χ1) is 5.88. The average Bonchev–Trinajstić information content (AvgIpc) is 2.53. The minimum absolute atomic E-state index is 0.325. The molecule has 2 saturated heterocycles. The number of nitrogens with one attached hydrogen (secondary N) is 1. The van der Waals surface area contributed by atoms with Gasteiger partial charge in [0.1, 0.15) is 6.17 Å². The molecule has 1 N–H and O–H groups in total. The molecule has 0 aromatic heterocycles. The molecule has 0 radical (unpaired) electrons. The Balaban J connectivity index is 1.89. The number of hydrogen-bond acceptors (Lipinski definition) is 2.